The second-order valence-electron chi connectivity index (χ2n) is 5.62. The fourth-order valence-electron chi connectivity index (χ4n) is 3.03. The van der Waals surface area contributed by atoms with Gasteiger partial charge < -0.3 is 10.2 Å². The van der Waals surface area contributed by atoms with E-state index in [-0.39, 0.29) is 18.4 Å². The molecule has 0 aromatic heterocycles. The fourth-order valence-corrected chi connectivity index (χ4v) is 3.03. The SMILES string of the molecule is CCc1ccccc1CN1CC(=O)NC(CC)(CC)C1=O. The van der Waals surface area contributed by atoms with Crippen molar-refractivity contribution in [2.75, 3.05) is 6.54 Å². The maximum atomic E-state index is 12.8. The third kappa shape index (κ3) is 2.94. The van der Waals surface area contributed by atoms with E-state index in [9.17, 15) is 9.59 Å². The fraction of sp³-hybridized carbons (Fsp3) is 0.529. The zero-order chi connectivity index (χ0) is 15.5. The van der Waals surface area contributed by atoms with Gasteiger partial charge in [0, 0.05) is 6.54 Å². The highest BCUT2D eigenvalue weighted by Gasteiger charge is 2.43. The number of carbonyl (C=O) groups excluding carboxylic acids is 2. The Balaban J connectivity index is 2.26. The lowest BCUT2D eigenvalue weighted by molar-refractivity contribution is -0.151. The summed E-state index contributed by atoms with van der Waals surface area (Å²) in [6, 6.07) is 8.11. The summed E-state index contributed by atoms with van der Waals surface area (Å²) in [7, 11) is 0. The number of aryl methyl sites for hydroxylation is 1. The van der Waals surface area contributed by atoms with Gasteiger partial charge >= 0.3 is 0 Å². The van der Waals surface area contributed by atoms with Crippen molar-refractivity contribution >= 4 is 11.8 Å². The highest BCUT2D eigenvalue weighted by Crippen LogP contribution is 2.24. The molecule has 0 saturated carbocycles. The first-order valence-electron chi connectivity index (χ1n) is 7.73. The number of hydrogen-bond donors (Lipinski definition) is 1. The van der Waals surface area contributed by atoms with Gasteiger partial charge in [0.1, 0.15) is 5.54 Å². The van der Waals surface area contributed by atoms with Crippen LogP contribution in [0.4, 0.5) is 0 Å². The lowest BCUT2D eigenvalue weighted by Crippen LogP contribution is -2.65. The lowest BCUT2D eigenvalue weighted by Gasteiger charge is -2.41. The average Bonchev–Trinajstić information content (AvgIpc) is 2.51. The molecule has 1 aliphatic rings. The number of piperazine rings is 1. The number of nitrogens with zero attached hydrogens (tertiary/aromatic N) is 1. The standard InChI is InChI=1S/C17H24N2O2/c1-4-13-9-7-8-10-14(13)11-19-12-15(20)18-17(5-2,6-3)16(19)21/h7-10H,4-6,11-12H2,1-3H3,(H,18,20). The van der Waals surface area contributed by atoms with Crippen LogP contribution in [0.3, 0.4) is 0 Å². The highest BCUT2D eigenvalue weighted by molar-refractivity contribution is 5.97. The maximum absolute atomic E-state index is 12.8. The highest BCUT2D eigenvalue weighted by atomic mass is 16.2. The summed E-state index contributed by atoms with van der Waals surface area (Å²) in [5, 5.41) is 2.89. The smallest absolute Gasteiger partial charge is 0.249 e. The first-order chi connectivity index (χ1) is 10.1. The number of amides is 2. The van der Waals surface area contributed by atoms with Crippen molar-refractivity contribution < 1.29 is 9.59 Å². The van der Waals surface area contributed by atoms with Crippen LogP contribution in [0, 0.1) is 0 Å². The van der Waals surface area contributed by atoms with Crippen LogP contribution >= 0.6 is 0 Å². The molecule has 1 aliphatic heterocycles. The molecule has 1 fully saturated rings. The first kappa shape index (κ1) is 15.5. The van der Waals surface area contributed by atoms with Crippen LogP contribution < -0.4 is 5.32 Å². The zero-order valence-electron chi connectivity index (χ0n) is 13.1. The molecule has 0 spiro atoms. The Morgan fingerprint density at radius 2 is 1.71 bits per heavy atom. The van der Waals surface area contributed by atoms with Crippen LogP contribution in [-0.4, -0.2) is 28.8 Å². The minimum absolute atomic E-state index is 0.0398. The Kier molecular flexibility index (Phi) is 4.66. The summed E-state index contributed by atoms with van der Waals surface area (Å²) in [5.41, 5.74) is 1.63. The molecule has 1 N–H and O–H groups in total. The second kappa shape index (κ2) is 6.29. The van der Waals surface area contributed by atoms with Gasteiger partial charge in [0.15, 0.2) is 0 Å². The van der Waals surface area contributed by atoms with E-state index in [1.807, 2.05) is 32.0 Å². The summed E-state index contributed by atoms with van der Waals surface area (Å²) >= 11 is 0. The van der Waals surface area contributed by atoms with Gasteiger partial charge in [0.25, 0.3) is 0 Å². The van der Waals surface area contributed by atoms with Crippen molar-refractivity contribution in [3.63, 3.8) is 0 Å². The van der Waals surface area contributed by atoms with Gasteiger partial charge in [0.05, 0.1) is 6.54 Å². The van der Waals surface area contributed by atoms with Crippen LogP contribution in [0.1, 0.15) is 44.7 Å². The molecule has 4 heteroatoms. The zero-order valence-corrected chi connectivity index (χ0v) is 13.1. The molecular formula is C17H24N2O2. The van der Waals surface area contributed by atoms with Gasteiger partial charge in [-0.05, 0) is 30.4 Å². The molecule has 4 nitrogen and oxygen atoms in total. The predicted octanol–water partition coefficient (Wildman–Crippen LogP) is 2.27. The molecule has 1 aromatic rings. The van der Waals surface area contributed by atoms with Crippen molar-refractivity contribution in [2.45, 2.75) is 52.1 Å². The Bertz CT molecular complexity index is 535. The van der Waals surface area contributed by atoms with E-state index in [1.54, 1.807) is 4.90 Å². The normalized spacial score (nSPS) is 17.8. The van der Waals surface area contributed by atoms with E-state index < -0.39 is 5.54 Å². The van der Waals surface area contributed by atoms with E-state index in [0.717, 1.165) is 12.0 Å². The Labute approximate surface area is 126 Å². The Morgan fingerprint density at radius 1 is 1.10 bits per heavy atom. The van der Waals surface area contributed by atoms with Crippen LogP contribution in [0.5, 0.6) is 0 Å². The van der Waals surface area contributed by atoms with Crippen molar-refractivity contribution in [3.8, 4) is 0 Å². The number of carbonyl (C=O) groups is 2. The molecule has 1 aromatic carbocycles. The third-order valence-corrected chi connectivity index (χ3v) is 4.48. The van der Waals surface area contributed by atoms with Gasteiger partial charge in [0.2, 0.25) is 11.8 Å². The molecule has 1 saturated heterocycles. The molecule has 0 unspecified atom stereocenters. The van der Waals surface area contributed by atoms with E-state index in [2.05, 4.69) is 18.3 Å². The average molecular weight is 288 g/mol. The quantitative estimate of drug-likeness (QED) is 0.903. The van der Waals surface area contributed by atoms with Gasteiger partial charge in [-0.2, -0.15) is 0 Å². The summed E-state index contributed by atoms with van der Waals surface area (Å²) < 4.78 is 0. The Hall–Kier alpha value is -1.84. The van der Waals surface area contributed by atoms with Gasteiger partial charge in [-0.3, -0.25) is 9.59 Å². The minimum Gasteiger partial charge on any atom is -0.340 e. The van der Waals surface area contributed by atoms with Gasteiger partial charge in [-0.15, -0.1) is 0 Å². The molecule has 0 bridgehead atoms. The first-order valence-corrected chi connectivity index (χ1v) is 7.73. The van der Waals surface area contributed by atoms with E-state index in [1.165, 1.54) is 5.56 Å². The lowest BCUT2D eigenvalue weighted by atomic mass is 9.88. The van der Waals surface area contributed by atoms with E-state index in [0.29, 0.717) is 19.4 Å². The number of hydrogen-bond acceptors (Lipinski definition) is 2. The molecule has 2 amide bonds. The number of rotatable bonds is 5. The Morgan fingerprint density at radius 3 is 2.29 bits per heavy atom. The van der Waals surface area contributed by atoms with Crippen molar-refractivity contribution in [2.24, 2.45) is 0 Å². The summed E-state index contributed by atoms with van der Waals surface area (Å²) in [4.78, 5) is 26.5. The summed E-state index contributed by atoms with van der Waals surface area (Å²) in [5.74, 6) is -0.0229. The van der Waals surface area contributed by atoms with Gasteiger partial charge in [-0.1, -0.05) is 45.0 Å². The van der Waals surface area contributed by atoms with Crippen molar-refractivity contribution in [1.82, 2.24) is 10.2 Å². The molecule has 0 aliphatic carbocycles. The molecule has 114 valence electrons. The summed E-state index contributed by atoms with van der Waals surface area (Å²) in [6.07, 6.45) is 2.18. The topological polar surface area (TPSA) is 49.4 Å². The monoisotopic (exact) mass is 288 g/mol. The van der Waals surface area contributed by atoms with Crippen LogP contribution in [0.2, 0.25) is 0 Å². The van der Waals surface area contributed by atoms with E-state index in [4.69, 9.17) is 0 Å². The second-order valence-corrected chi connectivity index (χ2v) is 5.62. The number of benzene rings is 1. The molecular weight excluding hydrogens is 264 g/mol. The van der Waals surface area contributed by atoms with E-state index >= 15 is 0 Å². The molecule has 21 heavy (non-hydrogen) atoms. The van der Waals surface area contributed by atoms with Crippen LogP contribution in [0.15, 0.2) is 24.3 Å². The molecule has 2 rings (SSSR count). The summed E-state index contributed by atoms with van der Waals surface area (Å²) in [6.45, 7) is 6.67. The van der Waals surface area contributed by atoms with Crippen LogP contribution in [-0.2, 0) is 22.6 Å². The maximum Gasteiger partial charge on any atom is 0.249 e. The minimum atomic E-state index is -0.726. The predicted molar refractivity (Wildman–Crippen MR) is 82.7 cm³/mol. The number of nitrogens with one attached hydrogen (secondary N) is 1. The van der Waals surface area contributed by atoms with Crippen molar-refractivity contribution in [1.29, 1.82) is 0 Å². The molecule has 0 atom stereocenters. The molecule has 0 radical (unpaired) electrons. The van der Waals surface area contributed by atoms with Crippen LogP contribution in [0.25, 0.3) is 0 Å². The largest absolute Gasteiger partial charge is 0.340 e. The molecule has 1 heterocycles. The van der Waals surface area contributed by atoms with Crippen molar-refractivity contribution in [3.05, 3.63) is 35.4 Å². The van der Waals surface area contributed by atoms with Gasteiger partial charge in [-0.25, -0.2) is 0 Å². The third-order valence-electron chi connectivity index (χ3n) is 4.48.